The Balaban J connectivity index is 1.60. The standard InChI is InChI=1S/C24H18Cl2FN5O4/c25-17-2-1-3-30-23(17)36-12-14-6-13(27)10-31(14)20-8-19-15(7-18(20)26)22(33)16(24(34)35)11-32(19)21-9-28-4-5-29-21/h1-5,7-9,11,13-14H,6,10,12H2,(H,34,35)/t13-,14-/m1/s1. The molecule has 2 atom stereocenters. The molecule has 0 amide bonds. The van der Waals surface area contributed by atoms with Crippen LogP contribution in [0.3, 0.4) is 0 Å². The Morgan fingerprint density at radius 2 is 2.03 bits per heavy atom. The Bertz CT molecular complexity index is 1520. The summed E-state index contributed by atoms with van der Waals surface area (Å²) < 4.78 is 21.8. The molecule has 0 aliphatic carbocycles. The number of rotatable bonds is 6. The van der Waals surface area contributed by atoms with Crippen molar-refractivity contribution in [2.45, 2.75) is 18.6 Å². The van der Waals surface area contributed by atoms with Crippen molar-refractivity contribution in [3.8, 4) is 11.7 Å². The first-order chi connectivity index (χ1) is 17.3. The monoisotopic (exact) mass is 529 g/mol. The van der Waals surface area contributed by atoms with Crippen LogP contribution in [0.25, 0.3) is 16.7 Å². The van der Waals surface area contributed by atoms with Gasteiger partial charge in [0.05, 0.1) is 28.5 Å². The number of alkyl halides is 1. The number of carbonyl (C=O) groups is 1. The van der Waals surface area contributed by atoms with Crippen LogP contribution in [0, 0.1) is 0 Å². The van der Waals surface area contributed by atoms with Gasteiger partial charge < -0.3 is 14.7 Å². The van der Waals surface area contributed by atoms with Gasteiger partial charge in [-0.25, -0.2) is 19.2 Å². The zero-order chi connectivity index (χ0) is 25.4. The fraction of sp³-hybridized carbons (Fsp3) is 0.208. The summed E-state index contributed by atoms with van der Waals surface area (Å²) in [7, 11) is 0. The van der Waals surface area contributed by atoms with Gasteiger partial charge in [-0.15, -0.1) is 0 Å². The molecule has 9 nitrogen and oxygen atoms in total. The molecule has 0 bridgehead atoms. The molecule has 36 heavy (non-hydrogen) atoms. The molecule has 4 aromatic rings. The summed E-state index contributed by atoms with van der Waals surface area (Å²) in [4.78, 5) is 38.8. The Hall–Kier alpha value is -3.76. The van der Waals surface area contributed by atoms with Gasteiger partial charge in [0.25, 0.3) is 0 Å². The number of aromatic nitrogens is 4. The second-order valence-corrected chi connectivity index (χ2v) is 8.99. The first-order valence-electron chi connectivity index (χ1n) is 10.9. The largest absolute Gasteiger partial charge is 0.477 e. The maximum atomic E-state index is 14.6. The molecule has 12 heteroatoms. The first-order valence-corrected chi connectivity index (χ1v) is 11.6. The number of anilines is 1. The van der Waals surface area contributed by atoms with Crippen molar-refractivity contribution in [2.24, 2.45) is 0 Å². The van der Waals surface area contributed by atoms with Crippen LogP contribution in [0.15, 0.2) is 60.0 Å². The van der Waals surface area contributed by atoms with Crippen molar-refractivity contribution < 1.29 is 19.0 Å². The van der Waals surface area contributed by atoms with E-state index in [1.807, 2.05) is 0 Å². The van der Waals surface area contributed by atoms with E-state index >= 15 is 0 Å². The number of halogens is 3. The number of carboxylic acid groups (broad SMARTS) is 1. The number of hydrogen-bond donors (Lipinski definition) is 1. The second-order valence-electron chi connectivity index (χ2n) is 8.17. The Labute approximate surface area is 213 Å². The van der Waals surface area contributed by atoms with Crippen molar-refractivity contribution in [2.75, 3.05) is 18.1 Å². The molecule has 1 N–H and O–H groups in total. The number of carboxylic acids is 1. The number of ether oxygens (including phenoxy) is 1. The molecule has 5 rings (SSSR count). The van der Waals surface area contributed by atoms with Crippen LogP contribution >= 0.6 is 23.2 Å². The normalized spacial score (nSPS) is 17.5. The molecular weight excluding hydrogens is 512 g/mol. The van der Waals surface area contributed by atoms with Crippen molar-refractivity contribution in [1.82, 2.24) is 19.5 Å². The summed E-state index contributed by atoms with van der Waals surface area (Å²) in [5, 5.41) is 10.2. The van der Waals surface area contributed by atoms with Crippen LogP contribution in [0.1, 0.15) is 16.8 Å². The Morgan fingerprint density at radius 3 is 2.75 bits per heavy atom. The Kier molecular flexibility index (Phi) is 6.46. The van der Waals surface area contributed by atoms with Gasteiger partial charge in [-0.3, -0.25) is 14.3 Å². The van der Waals surface area contributed by atoms with Crippen LogP contribution in [0.5, 0.6) is 5.88 Å². The van der Waals surface area contributed by atoms with Crippen LogP contribution in [0.2, 0.25) is 10.0 Å². The number of nitrogens with zero attached hydrogens (tertiary/aromatic N) is 5. The average Bonchev–Trinajstić information content (AvgIpc) is 3.24. The number of aromatic carboxylic acids is 1. The molecule has 0 saturated carbocycles. The molecule has 1 aliphatic heterocycles. The van der Waals surface area contributed by atoms with Crippen LogP contribution in [-0.4, -0.2) is 56.0 Å². The summed E-state index contributed by atoms with van der Waals surface area (Å²) >= 11 is 12.7. The average molecular weight is 530 g/mol. The third-order valence-electron chi connectivity index (χ3n) is 5.91. The summed E-state index contributed by atoms with van der Waals surface area (Å²) in [6.07, 6.45) is 6.14. The molecule has 1 saturated heterocycles. The molecule has 0 spiro atoms. The number of benzene rings is 1. The molecule has 0 radical (unpaired) electrons. The minimum atomic E-state index is -1.38. The zero-order valence-corrected chi connectivity index (χ0v) is 20.0. The summed E-state index contributed by atoms with van der Waals surface area (Å²) in [5.41, 5.74) is -0.328. The molecular formula is C24H18Cl2FN5O4. The smallest absolute Gasteiger partial charge is 0.341 e. The van der Waals surface area contributed by atoms with Crippen LogP contribution in [0.4, 0.5) is 10.1 Å². The highest BCUT2D eigenvalue weighted by Gasteiger charge is 2.34. The predicted octanol–water partition coefficient (Wildman–Crippen LogP) is 4.18. The molecule has 1 fully saturated rings. The fourth-order valence-corrected chi connectivity index (χ4v) is 4.73. The quantitative estimate of drug-likeness (QED) is 0.396. The lowest BCUT2D eigenvalue weighted by molar-refractivity contribution is 0.0695. The topological polar surface area (TPSA) is 110 Å². The van der Waals surface area contributed by atoms with E-state index in [2.05, 4.69) is 15.0 Å². The summed E-state index contributed by atoms with van der Waals surface area (Å²) in [6, 6.07) is 5.94. The lowest BCUT2D eigenvalue weighted by Crippen LogP contribution is -2.34. The minimum Gasteiger partial charge on any atom is -0.477 e. The molecule has 1 aromatic carbocycles. The van der Waals surface area contributed by atoms with Gasteiger partial charge in [-0.05, 0) is 24.3 Å². The van der Waals surface area contributed by atoms with E-state index in [0.717, 1.165) is 0 Å². The van der Waals surface area contributed by atoms with Gasteiger partial charge in [0, 0.05) is 43.1 Å². The molecule has 1 aliphatic rings. The fourth-order valence-electron chi connectivity index (χ4n) is 4.28. The van der Waals surface area contributed by atoms with E-state index in [1.54, 1.807) is 29.3 Å². The van der Waals surface area contributed by atoms with Crippen molar-refractivity contribution >= 4 is 45.8 Å². The van der Waals surface area contributed by atoms with E-state index in [0.29, 0.717) is 22.0 Å². The highest BCUT2D eigenvalue weighted by Crippen LogP contribution is 2.36. The van der Waals surface area contributed by atoms with Gasteiger partial charge in [0.15, 0.2) is 5.82 Å². The van der Waals surface area contributed by atoms with E-state index in [1.165, 1.54) is 35.4 Å². The van der Waals surface area contributed by atoms with Gasteiger partial charge >= 0.3 is 5.97 Å². The van der Waals surface area contributed by atoms with E-state index < -0.39 is 29.2 Å². The summed E-state index contributed by atoms with van der Waals surface area (Å²) in [5.74, 6) is -0.846. The molecule has 4 heterocycles. The van der Waals surface area contributed by atoms with Gasteiger partial charge in [-0.2, -0.15) is 0 Å². The molecule has 184 valence electrons. The highest BCUT2D eigenvalue weighted by molar-refractivity contribution is 6.34. The van der Waals surface area contributed by atoms with Gasteiger partial charge in [-0.1, -0.05) is 23.2 Å². The lowest BCUT2D eigenvalue weighted by atomic mass is 10.1. The number of pyridine rings is 2. The van der Waals surface area contributed by atoms with Crippen LogP contribution < -0.4 is 15.1 Å². The summed E-state index contributed by atoms with van der Waals surface area (Å²) in [6.45, 7) is 0.151. The van der Waals surface area contributed by atoms with Crippen LogP contribution in [-0.2, 0) is 0 Å². The second kappa shape index (κ2) is 9.71. The van der Waals surface area contributed by atoms with Crippen molar-refractivity contribution in [3.05, 3.63) is 81.1 Å². The molecule has 3 aromatic heterocycles. The SMILES string of the molecule is O=C(O)c1cn(-c2cnccn2)c2cc(N3C[C@H](F)C[C@@H]3COc3ncccc3Cl)c(Cl)cc2c1=O. The number of hydrogen-bond acceptors (Lipinski definition) is 7. The maximum Gasteiger partial charge on any atom is 0.341 e. The first kappa shape index (κ1) is 24.0. The Morgan fingerprint density at radius 1 is 1.19 bits per heavy atom. The minimum absolute atomic E-state index is 0.0534. The predicted molar refractivity (Wildman–Crippen MR) is 132 cm³/mol. The van der Waals surface area contributed by atoms with E-state index in [4.69, 9.17) is 27.9 Å². The maximum absolute atomic E-state index is 14.6. The number of fused-ring (bicyclic) bond motifs is 1. The lowest BCUT2D eigenvalue weighted by Gasteiger charge is -2.28. The van der Waals surface area contributed by atoms with Crippen molar-refractivity contribution in [3.63, 3.8) is 0 Å². The van der Waals surface area contributed by atoms with E-state index in [9.17, 15) is 19.1 Å². The third-order valence-corrected chi connectivity index (χ3v) is 6.50. The third kappa shape index (κ3) is 4.45. The van der Waals surface area contributed by atoms with E-state index in [-0.39, 0.29) is 35.9 Å². The highest BCUT2D eigenvalue weighted by atomic mass is 35.5. The molecule has 0 unspecified atom stereocenters. The van der Waals surface area contributed by atoms with Crippen molar-refractivity contribution in [1.29, 1.82) is 0 Å². The van der Waals surface area contributed by atoms with Gasteiger partial charge in [0.2, 0.25) is 11.3 Å². The zero-order valence-electron chi connectivity index (χ0n) is 18.5. The van der Waals surface area contributed by atoms with Gasteiger partial charge in [0.1, 0.15) is 23.4 Å².